The molecule has 2 heterocycles. The van der Waals surface area contributed by atoms with Crippen molar-refractivity contribution in [3.8, 4) is 5.75 Å². The van der Waals surface area contributed by atoms with Crippen molar-refractivity contribution in [2.24, 2.45) is 0 Å². The van der Waals surface area contributed by atoms with Crippen molar-refractivity contribution < 1.29 is 22.7 Å². The van der Waals surface area contributed by atoms with Gasteiger partial charge in [0, 0.05) is 12.2 Å². The number of alkyl halides is 3. The molecule has 0 unspecified atom stereocenters. The summed E-state index contributed by atoms with van der Waals surface area (Å²) < 4.78 is 44.6. The van der Waals surface area contributed by atoms with Gasteiger partial charge in [0.2, 0.25) is 5.91 Å². The third-order valence-corrected chi connectivity index (χ3v) is 4.63. The number of benzene rings is 1. The maximum Gasteiger partial charge on any atom is 0.435 e. The molecule has 2 aromatic rings. The van der Waals surface area contributed by atoms with Crippen LogP contribution in [0, 0.1) is 6.92 Å². The van der Waals surface area contributed by atoms with Gasteiger partial charge in [0.25, 0.3) is 0 Å². The fraction of sp³-hybridized carbons (Fsp3) is 0.444. The number of aryl methyl sites for hydroxylation is 1. The third kappa shape index (κ3) is 3.68. The second-order valence-corrected chi connectivity index (χ2v) is 6.34. The van der Waals surface area contributed by atoms with Crippen molar-refractivity contribution in [1.82, 2.24) is 14.7 Å². The van der Waals surface area contributed by atoms with Crippen LogP contribution in [0.15, 0.2) is 30.3 Å². The number of rotatable bonds is 4. The Kier molecular flexibility index (Phi) is 4.93. The van der Waals surface area contributed by atoms with Crippen molar-refractivity contribution in [2.45, 2.75) is 38.5 Å². The molecule has 1 fully saturated rings. The summed E-state index contributed by atoms with van der Waals surface area (Å²) in [5.74, 6) is 0.500. The minimum atomic E-state index is -4.52. The SMILES string of the molecule is COc1ccc([C@H]2CCCN2C(=O)Cn2nc(C(F)(F)F)cc2C)cc1. The number of carbonyl (C=O) groups is 1. The zero-order chi connectivity index (χ0) is 18.9. The quantitative estimate of drug-likeness (QED) is 0.830. The van der Waals surface area contributed by atoms with Crippen LogP contribution in [-0.4, -0.2) is 34.2 Å². The Balaban J connectivity index is 1.75. The number of ether oxygens (including phenoxy) is 1. The molecule has 1 atom stereocenters. The number of nitrogens with zero attached hydrogens (tertiary/aromatic N) is 3. The molecular formula is C18H20F3N3O2. The van der Waals surface area contributed by atoms with E-state index in [0.717, 1.165) is 34.9 Å². The van der Waals surface area contributed by atoms with E-state index in [1.165, 1.54) is 6.92 Å². The molecule has 0 spiro atoms. The molecule has 0 saturated carbocycles. The van der Waals surface area contributed by atoms with Crippen LogP contribution >= 0.6 is 0 Å². The number of halogens is 3. The van der Waals surface area contributed by atoms with Gasteiger partial charge in [0.15, 0.2) is 5.69 Å². The fourth-order valence-electron chi connectivity index (χ4n) is 3.27. The minimum Gasteiger partial charge on any atom is -0.497 e. The zero-order valence-electron chi connectivity index (χ0n) is 14.6. The lowest BCUT2D eigenvalue weighted by Gasteiger charge is -2.25. The Morgan fingerprint density at radius 3 is 2.58 bits per heavy atom. The van der Waals surface area contributed by atoms with Crippen molar-refractivity contribution in [3.63, 3.8) is 0 Å². The second-order valence-electron chi connectivity index (χ2n) is 6.34. The highest BCUT2D eigenvalue weighted by Gasteiger charge is 2.35. The van der Waals surface area contributed by atoms with Crippen LogP contribution in [0.1, 0.15) is 35.8 Å². The van der Waals surface area contributed by atoms with E-state index in [9.17, 15) is 18.0 Å². The van der Waals surface area contributed by atoms with Crippen LogP contribution in [0.3, 0.4) is 0 Å². The predicted octanol–water partition coefficient (Wildman–Crippen LogP) is 3.58. The summed E-state index contributed by atoms with van der Waals surface area (Å²) in [6, 6.07) is 8.38. The van der Waals surface area contributed by atoms with Crippen molar-refractivity contribution in [2.75, 3.05) is 13.7 Å². The summed E-state index contributed by atoms with van der Waals surface area (Å²) in [7, 11) is 1.59. The van der Waals surface area contributed by atoms with Gasteiger partial charge in [0.1, 0.15) is 12.3 Å². The first-order valence-corrected chi connectivity index (χ1v) is 8.34. The number of methoxy groups -OCH3 is 1. The first-order chi connectivity index (χ1) is 12.3. The lowest BCUT2D eigenvalue weighted by molar-refractivity contribution is -0.142. The minimum absolute atomic E-state index is 0.0774. The van der Waals surface area contributed by atoms with Crippen LogP contribution in [0.5, 0.6) is 5.75 Å². The monoisotopic (exact) mass is 367 g/mol. The van der Waals surface area contributed by atoms with Gasteiger partial charge in [-0.15, -0.1) is 0 Å². The highest BCUT2D eigenvalue weighted by molar-refractivity contribution is 5.77. The average molecular weight is 367 g/mol. The number of hydrogen-bond donors (Lipinski definition) is 0. The largest absolute Gasteiger partial charge is 0.497 e. The first-order valence-electron chi connectivity index (χ1n) is 8.34. The summed E-state index contributed by atoms with van der Waals surface area (Å²) in [6.45, 7) is 1.90. The van der Waals surface area contributed by atoms with E-state index < -0.39 is 11.9 Å². The highest BCUT2D eigenvalue weighted by atomic mass is 19.4. The topological polar surface area (TPSA) is 47.4 Å². The number of amides is 1. The predicted molar refractivity (Wildman–Crippen MR) is 88.6 cm³/mol. The molecule has 5 nitrogen and oxygen atoms in total. The zero-order valence-corrected chi connectivity index (χ0v) is 14.6. The third-order valence-electron chi connectivity index (χ3n) is 4.63. The fourth-order valence-corrected chi connectivity index (χ4v) is 3.27. The van der Waals surface area contributed by atoms with E-state index in [-0.39, 0.29) is 18.5 Å². The molecule has 3 rings (SSSR count). The Hall–Kier alpha value is -2.51. The smallest absolute Gasteiger partial charge is 0.435 e. The van der Waals surface area contributed by atoms with Crippen LogP contribution < -0.4 is 4.74 Å². The number of hydrogen-bond acceptors (Lipinski definition) is 3. The maximum atomic E-state index is 12.8. The standard InChI is InChI=1S/C18H20F3N3O2/c1-12-10-16(18(19,20)21)22-24(12)11-17(25)23-9-3-4-15(23)13-5-7-14(26-2)8-6-13/h5-8,10,15H,3-4,9,11H2,1-2H3/t15-/m1/s1. The van der Waals surface area contributed by atoms with E-state index in [2.05, 4.69) is 5.10 Å². The summed E-state index contributed by atoms with van der Waals surface area (Å²) in [5.41, 5.74) is 0.326. The highest BCUT2D eigenvalue weighted by Crippen LogP contribution is 2.33. The molecule has 0 N–H and O–H groups in total. The molecule has 140 valence electrons. The van der Waals surface area contributed by atoms with Crippen LogP contribution in [0.2, 0.25) is 0 Å². The summed E-state index contributed by atoms with van der Waals surface area (Å²) >= 11 is 0. The number of aromatic nitrogens is 2. The van der Waals surface area contributed by atoms with Crippen molar-refractivity contribution in [3.05, 3.63) is 47.3 Å². The Bertz CT molecular complexity index is 784. The lowest BCUT2D eigenvalue weighted by atomic mass is 10.0. The molecule has 0 bridgehead atoms. The number of carbonyl (C=O) groups excluding carboxylic acids is 1. The lowest BCUT2D eigenvalue weighted by Crippen LogP contribution is -2.34. The summed E-state index contributed by atoms with van der Waals surface area (Å²) in [6.07, 6.45) is -2.84. The summed E-state index contributed by atoms with van der Waals surface area (Å²) in [4.78, 5) is 14.4. The van der Waals surface area contributed by atoms with E-state index in [1.807, 2.05) is 24.3 Å². The van der Waals surface area contributed by atoms with E-state index >= 15 is 0 Å². The first kappa shape index (κ1) is 18.3. The molecule has 26 heavy (non-hydrogen) atoms. The molecule has 1 aromatic heterocycles. The van der Waals surface area contributed by atoms with Gasteiger partial charge in [-0.05, 0) is 43.5 Å². The van der Waals surface area contributed by atoms with Crippen LogP contribution in [0.25, 0.3) is 0 Å². The van der Waals surface area contributed by atoms with Crippen molar-refractivity contribution >= 4 is 5.91 Å². The molecule has 8 heteroatoms. The molecular weight excluding hydrogens is 347 g/mol. The maximum absolute atomic E-state index is 12.8. The van der Waals surface area contributed by atoms with Gasteiger partial charge < -0.3 is 9.64 Å². The molecule has 0 radical (unpaired) electrons. The summed E-state index contributed by atoms with van der Waals surface area (Å²) in [5, 5.41) is 3.54. The van der Waals surface area contributed by atoms with Gasteiger partial charge in [-0.25, -0.2) is 0 Å². The van der Waals surface area contributed by atoms with Gasteiger partial charge in [-0.2, -0.15) is 18.3 Å². The molecule has 0 aliphatic carbocycles. The van der Waals surface area contributed by atoms with Crippen molar-refractivity contribution in [1.29, 1.82) is 0 Å². The van der Waals surface area contributed by atoms with E-state index in [0.29, 0.717) is 12.2 Å². The average Bonchev–Trinajstić information content (AvgIpc) is 3.22. The molecule has 1 saturated heterocycles. The Morgan fingerprint density at radius 2 is 2.00 bits per heavy atom. The van der Waals surface area contributed by atoms with Gasteiger partial charge >= 0.3 is 6.18 Å². The van der Waals surface area contributed by atoms with Gasteiger partial charge in [-0.1, -0.05) is 12.1 Å². The van der Waals surface area contributed by atoms with Crippen LogP contribution in [-0.2, 0) is 17.5 Å². The molecule has 1 aliphatic heterocycles. The number of likely N-dealkylation sites (tertiary alicyclic amines) is 1. The molecule has 1 amide bonds. The second kappa shape index (κ2) is 7.01. The van der Waals surface area contributed by atoms with Gasteiger partial charge in [0.05, 0.1) is 13.2 Å². The normalized spacial score (nSPS) is 17.6. The van der Waals surface area contributed by atoms with Crippen LogP contribution in [0.4, 0.5) is 13.2 Å². The van der Waals surface area contributed by atoms with E-state index in [1.54, 1.807) is 12.0 Å². The van der Waals surface area contributed by atoms with Gasteiger partial charge in [-0.3, -0.25) is 9.48 Å². The Labute approximate surface area is 149 Å². The van der Waals surface area contributed by atoms with E-state index in [4.69, 9.17) is 4.74 Å². The molecule has 1 aliphatic rings. The Morgan fingerprint density at radius 1 is 1.31 bits per heavy atom. The molecule has 1 aromatic carbocycles.